The standard InChI is InChI=1S/C18H22N4O2/c1-3-4-5-15-11-16(21-20-15)18(24)19-14-6-7-17-13(10-14)8-9-22(17)12(2)23/h6-7,10-11H,3-5,8-9H2,1-2H3,(H,19,24)(H,20,21). The topological polar surface area (TPSA) is 78.1 Å². The maximum Gasteiger partial charge on any atom is 0.276 e. The maximum absolute atomic E-state index is 12.3. The number of nitrogens with one attached hydrogen (secondary N) is 2. The van der Waals surface area contributed by atoms with E-state index in [1.54, 1.807) is 17.9 Å². The van der Waals surface area contributed by atoms with Crippen LogP contribution < -0.4 is 10.2 Å². The van der Waals surface area contributed by atoms with Crippen LogP contribution in [0.25, 0.3) is 0 Å². The first kappa shape index (κ1) is 16.2. The molecule has 2 aromatic rings. The van der Waals surface area contributed by atoms with Crippen molar-refractivity contribution >= 4 is 23.2 Å². The third-order valence-corrected chi connectivity index (χ3v) is 4.28. The minimum absolute atomic E-state index is 0.0432. The number of hydrogen-bond donors (Lipinski definition) is 2. The van der Waals surface area contributed by atoms with Crippen molar-refractivity contribution in [1.82, 2.24) is 10.2 Å². The van der Waals surface area contributed by atoms with Crippen LogP contribution in [0.4, 0.5) is 11.4 Å². The van der Waals surface area contributed by atoms with Gasteiger partial charge in [0, 0.05) is 30.5 Å². The SMILES string of the molecule is CCCCc1cc(C(=O)Nc2ccc3c(c2)CCN3C(C)=O)n[nH]1. The number of nitrogens with zero attached hydrogens (tertiary/aromatic N) is 2. The van der Waals surface area contributed by atoms with Gasteiger partial charge in [-0.05, 0) is 49.1 Å². The Hall–Kier alpha value is -2.63. The lowest BCUT2D eigenvalue weighted by atomic mass is 10.1. The fraction of sp³-hybridized carbons (Fsp3) is 0.389. The normalized spacial score (nSPS) is 13.0. The highest BCUT2D eigenvalue weighted by Crippen LogP contribution is 2.30. The van der Waals surface area contributed by atoms with Crippen molar-refractivity contribution in [2.45, 2.75) is 39.5 Å². The Bertz CT molecular complexity index is 766. The molecule has 0 bridgehead atoms. The molecular weight excluding hydrogens is 304 g/mol. The van der Waals surface area contributed by atoms with Crippen molar-refractivity contribution < 1.29 is 9.59 Å². The van der Waals surface area contributed by atoms with Gasteiger partial charge in [-0.1, -0.05) is 13.3 Å². The van der Waals surface area contributed by atoms with Gasteiger partial charge in [0.15, 0.2) is 5.69 Å². The number of unbranched alkanes of at least 4 members (excludes halogenated alkanes) is 1. The molecular formula is C18H22N4O2. The van der Waals surface area contributed by atoms with E-state index in [-0.39, 0.29) is 11.8 Å². The van der Waals surface area contributed by atoms with Gasteiger partial charge in [0.05, 0.1) is 0 Å². The van der Waals surface area contributed by atoms with Gasteiger partial charge in [0.2, 0.25) is 5.91 Å². The number of rotatable bonds is 5. The van der Waals surface area contributed by atoms with Crippen LogP contribution in [-0.4, -0.2) is 28.6 Å². The van der Waals surface area contributed by atoms with Crippen molar-refractivity contribution in [3.8, 4) is 0 Å². The second-order valence-corrected chi connectivity index (χ2v) is 6.10. The van der Waals surface area contributed by atoms with Crippen molar-refractivity contribution in [2.24, 2.45) is 0 Å². The summed E-state index contributed by atoms with van der Waals surface area (Å²) in [5.74, 6) is -0.183. The lowest BCUT2D eigenvalue weighted by Crippen LogP contribution is -2.25. The zero-order chi connectivity index (χ0) is 17.1. The Balaban J connectivity index is 1.69. The van der Waals surface area contributed by atoms with Crippen LogP contribution in [0.1, 0.15) is 48.4 Å². The summed E-state index contributed by atoms with van der Waals surface area (Å²) < 4.78 is 0. The largest absolute Gasteiger partial charge is 0.321 e. The summed E-state index contributed by atoms with van der Waals surface area (Å²) in [7, 11) is 0. The van der Waals surface area contributed by atoms with Gasteiger partial charge in [-0.25, -0.2) is 0 Å². The van der Waals surface area contributed by atoms with E-state index in [4.69, 9.17) is 0 Å². The van der Waals surface area contributed by atoms with Crippen LogP contribution >= 0.6 is 0 Å². The third-order valence-electron chi connectivity index (χ3n) is 4.28. The number of aryl methyl sites for hydroxylation is 1. The van der Waals surface area contributed by atoms with Crippen LogP contribution in [0.2, 0.25) is 0 Å². The molecule has 0 radical (unpaired) electrons. The van der Waals surface area contributed by atoms with Crippen LogP contribution in [-0.2, 0) is 17.6 Å². The van der Waals surface area contributed by atoms with Gasteiger partial charge in [-0.15, -0.1) is 0 Å². The number of carbonyl (C=O) groups excluding carboxylic acids is 2. The molecule has 1 aliphatic heterocycles. The highest BCUT2D eigenvalue weighted by molar-refractivity contribution is 6.03. The molecule has 3 rings (SSSR count). The van der Waals surface area contributed by atoms with Gasteiger partial charge in [0.25, 0.3) is 5.91 Å². The molecule has 126 valence electrons. The van der Waals surface area contributed by atoms with Crippen LogP contribution in [0.5, 0.6) is 0 Å². The van der Waals surface area contributed by atoms with Crippen molar-refractivity contribution in [1.29, 1.82) is 0 Å². The summed E-state index contributed by atoms with van der Waals surface area (Å²) in [5.41, 5.74) is 4.11. The maximum atomic E-state index is 12.3. The van der Waals surface area contributed by atoms with Crippen molar-refractivity contribution in [3.05, 3.63) is 41.2 Å². The van der Waals surface area contributed by atoms with E-state index >= 15 is 0 Å². The van der Waals surface area contributed by atoms with Crippen LogP contribution in [0.15, 0.2) is 24.3 Å². The molecule has 24 heavy (non-hydrogen) atoms. The highest BCUT2D eigenvalue weighted by atomic mass is 16.2. The minimum Gasteiger partial charge on any atom is -0.321 e. The van der Waals surface area contributed by atoms with E-state index in [1.165, 1.54) is 0 Å². The van der Waals surface area contributed by atoms with Crippen molar-refractivity contribution in [2.75, 3.05) is 16.8 Å². The molecule has 2 heterocycles. The lowest BCUT2D eigenvalue weighted by Gasteiger charge is -2.14. The Morgan fingerprint density at radius 1 is 1.33 bits per heavy atom. The predicted molar refractivity (Wildman–Crippen MR) is 93.3 cm³/mol. The Morgan fingerprint density at radius 2 is 2.17 bits per heavy atom. The molecule has 0 saturated heterocycles. The molecule has 1 aliphatic rings. The summed E-state index contributed by atoms with van der Waals surface area (Å²) in [6, 6.07) is 7.44. The smallest absolute Gasteiger partial charge is 0.276 e. The number of aromatic nitrogens is 2. The Morgan fingerprint density at radius 3 is 2.92 bits per heavy atom. The Labute approximate surface area is 141 Å². The summed E-state index contributed by atoms with van der Waals surface area (Å²) in [5, 5.41) is 9.87. The van der Waals surface area contributed by atoms with Gasteiger partial charge < -0.3 is 10.2 Å². The third kappa shape index (κ3) is 3.32. The number of fused-ring (bicyclic) bond motifs is 1. The molecule has 0 atom stereocenters. The summed E-state index contributed by atoms with van der Waals surface area (Å²) >= 11 is 0. The number of aromatic amines is 1. The van der Waals surface area contributed by atoms with Crippen LogP contribution in [0.3, 0.4) is 0 Å². The fourth-order valence-electron chi connectivity index (χ4n) is 2.97. The fourth-order valence-corrected chi connectivity index (χ4v) is 2.97. The zero-order valence-electron chi connectivity index (χ0n) is 14.1. The molecule has 0 aliphatic carbocycles. The van der Waals surface area contributed by atoms with E-state index in [0.29, 0.717) is 12.2 Å². The average molecular weight is 326 g/mol. The Kier molecular flexibility index (Phi) is 4.64. The molecule has 0 spiro atoms. The van der Waals surface area contributed by atoms with E-state index in [2.05, 4.69) is 22.4 Å². The molecule has 0 saturated carbocycles. The number of H-pyrrole nitrogens is 1. The number of benzene rings is 1. The number of amides is 2. The van der Waals surface area contributed by atoms with E-state index in [0.717, 1.165) is 48.3 Å². The minimum atomic E-state index is -0.227. The molecule has 1 aromatic carbocycles. The molecule has 0 fully saturated rings. The van der Waals surface area contributed by atoms with E-state index in [9.17, 15) is 9.59 Å². The molecule has 2 N–H and O–H groups in total. The summed E-state index contributed by atoms with van der Waals surface area (Å²) in [4.78, 5) is 25.7. The number of carbonyl (C=O) groups is 2. The molecule has 0 unspecified atom stereocenters. The molecule has 1 aromatic heterocycles. The summed E-state index contributed by atoms with van der Waals surface area (Å²) in [6.07, 6.45) is 3.88. The molecule has 6 heteroatoms. The first-order valence-electron chi connectivity index (χ1n) is 8.35. The second-order valence-electron chi connectivity index (χ2n) is 6.10. The average Bonchev–Trinajstić information content (AvgIpc) is 3.19. The zero-order valence-corrected chi connectivity index (χ0v) is 14.1. The molecule has 6 nitrogen and oxygen atoms in total. The number of anilines is 2. The highest BCUT2D eigenvalue weighted by Gasteiger charge is 2.22. The quantitative estimate of drug-likeness (QED) is 0.887. The van der Waals surface area contributed by atoms with Gasteiger partial charge in [0.1, 0.15) is 0 Å². The molecule has 2 amide bonds. The first-order valence-corrected chi connectivity index (χ1v) is 8.35. The lowest BCUT2D eigenvalue weighted by molar-refractivity contribution is -0.116. The monoisotopic (exact) mass is 326 g/mol. The van der Waals surface area contributed by atoms with Gasteiger partial charge >= 0.3 is 0 Å². The van der Waals surface area contributed by atoms with E-state index < -0.39 is 0 Å². The van der Waals surface area contributed by atoms with Crippen molar-refractivity contribution in [3.63, 3.8) is 0 Å². The van der Waals surface area contributed by atoms with Gasteiger partial charge in [-0.2, -0.15) is 5.10 Å². The number of hydrogen-bond acceptors (Lipinski definition) is 3. The first-order chi connectivity index (χ1) is 11.6. The van der Waals surface area contributed by atoms with Crippen LogP contribution in [0, 0.1) is 0 Å². The second kappa shape index (κ2) is 6.86. The van der Waals surface area contributed by atoms with E-state index in [1.807, 2.05) is 18.2 Å². The predicted octanol–water partition coefficient (Wildman–Crippen LogP) is 2.91. The summed E-state index contributed by atoms with van der Waals surface area (Å²) in [6.45, 7) is 4.39. The van der Waals surface area contributed by atoms with Gasteiger partial charge in [-0.3, -0.25) is 14.7 Å².